The van der Waals surface area contributed by atoms with E-state index < -0.39 is 0 Å². The molecule has 3 aliphatic heterocycles. The molecule has 0 radical (unpaired) electrons. The summed E-state index contributed by atoms with van der Waals surface area (Å²) in [4.78, 5) is 17.0. The Morgan fingerprint density at radius 2 is 1.57 bits per heavy atom. The van der Waals surface area contributed by atoms with E-state index in [1.165, 1.54) is 11.1 Å². The van der Waals surface area contributed by atoms with Gasteiger partial charge in [0.2, 0.25) is 12.7 Å². The molecule has 0 aliphatic carbocycles. The van der Waals surface area contributed by atoms with E-state index in [0.717, 1.165) is 94.0 Å². The highest BCUT2D eigenvalue weighted by atomic mass is 16.7. The number of aromatic nitrogens is 2. The van der Waals surface area contributed by atoms with Crippen LogP contribution in [0.1, 0.15) is 29.5 Å². The molecular formula is C29H36N6O2. The summed E-state index contributed by atoms with van der Waals surface area (Å²) in [6.45, 7) is 10.4. The summed E-state index contributed by atoms with van der Waals surface area (Å²) < 4.78 is 11.0. The van der Waals surface area contributed by atoms with Crippen LogP contribution in [0.5, 0.6) is 11.5 Å². The van der Waals surface area contributed by atoms with E-state index in [-0.39, 0.29) is 0 Å². The Kier molecular flexibility index (Phi) is 7.10. The molecule has 194 valence electrons. The predicted molar refractivity (Wildman–Crippen MR) is 145 cm³/mol. The van der Waals surface area contributed by atoms with E-state index in [4.69, 9.17) is 14.5 Å². The molecule has 6 rings (SSSR count). The highest BCUT2D eigenvalue weighted by Gasteiger charge is 2.23. The zero-order chi connectivity index (χ0) is 25.0. The number of piperazine rings is 1. The minimum absolute atomic E-state index is 0.318. The van der Waals surface area contributed by atoms with E-state index in [0.29, 0.717) is 12.8 Å². The van der Waals surface area contributed by atoms with Crippen LogP contribution in [0.4, 0.5) is 11.8 Å². The summed E-state index contributed by atoms with van der Waals surface area (Å²) in [5, 5.41) is 3.74. The van der Waals surface area contributed by atoms with E-state index in [1.807, 2.05) is 12.3 Å². The van der Waals surface area contributed by atoms with Gasteiger partial charge in [0.05, 0.1) is 0 Å². The normalized spacial score (nSPS) is 18.8. The van der Waals surface area contributed by atoms with Gasteiger partial charge in [0.25, 0.3) is 0 Å². The number of nitrogens with zero attached hydrogens (tertiary/aromatic N) is 5. The van der Waals surface area contributed by atoms with Gasteiger partial charge in [-0.1, -0.05) is 36.4 Å². The van der Waals surface area contributed by atoms with Gasteiger partial charge in [-0.05, 0) is 43.0 Å². The lowest BCUT2D eigenvalue weighted by Gasteiger charge is -2.35. The van der Waals surface area contributed by atoms with Crippen molar-refractivity contribution < 1.29 is 9.47 Å². The molecule has 1 N–H and O–H groups in total. The van der Waals surface area contributed by atoms with Crippen LogP contribution in [-0.2, 0) is 13.1 Å². The van der Waals surface area contributed by atoms with Crippen LogP contribution < -0.4 is 19.7 Å². The molecule has 37 heavy (non-hydrogen) atoms. The van der Waals surface area contributed by atoms with Crippen molar-refractivity contribution in [1.29, 1.82) is 0 Å². The fourth-order valence-electron chi connectivity index (χ4n) is 5.41. The van der Waals surface area contributed by atoms with Gasteiger partial charge < -0.3 is 19.7 Å². The Balaban J connectivity index is 1.00. The molecular weight excluding hydrogens is 464 g/mol. The van der Waals surface area contributed by atoms with Crippen LogP contribution in [-0.4, -0.2) is 71.9 Å². The van der Waals surface area contributed by atoms with E-state index >= 15 is 0 Å². The first-order valence-electron chi connectivity index (χ1n) is 13.4. The third-order valence-electron chi connectivity index (χ3n) is 7.63. The van der Waals surface area contributed by atoms with Crippen LogP contribution in [0, 0.1) is 6.92 Å². The average molecular weight is 501 g/mol. The van der Waals surface area contributed by atoms with Gasteiger partial charge in [-0.15, -0.1) is 0 Å². The maximum atomic E-state index is 5.53. The highest BCUT2D eigenvalue weighted by Crippen LogP contribution is 2.33. The Morgan fingerprint density at radius 3 is 2.38 bits per heavy atom. The van der Waals surface area contributed by atoms with Gasteiger partial charge in [-0.3, -0.25) is 9.80 Å². The first kappa shape index (κ1) is 24.0. The molecule has 1 aromatic heterocycles. The van der Waals surface area contributed by atoms with Gasteiger partial charge in [0.15, 0.2) is 11.5 Å². The fourth-order valence-corrected chi connectivity index (χ4v) is 5.41. The molecule has 8 heteroatoms. The van der Waals surface area contributed by atoms with E-state index in [2.05, 4.69) is 74.4 Å². The van der Waals surface area contributed by atoms with Crippen LogP contribution in [0.25, 0.3) is 0 Å². The van der Waals surface area contributed by atoms with Crippen molar-refractivity contribution in [3.05, 3.63) is 71.4 Å². The van der Waals surface area contributed by atoms with Crippen molar-refractivity contribution in [1.82, 2.24) is 19.8 Å². The molecule has 2 fully saturated rings. The van der Waals surface area contributed by atoms with Crippen LogP contribution in [0.2, 0.25) is 0 Å². The largest absolute Gasteiger partial charge is 0.454 e. The Labute approximate surface area is 219 Å². The number of likely N-dealkylation sites (tertiary alicyclic amines) is 1. The predicted octanol–water partition coefficient (Wildman–Crippen LogP) is 3.91. The van der Waals surface area contributed by atoms with E-state index in [1.54, 1.807) is 0 Å². The number of benzene rings is 2. The van der Waals surface area contributed by atoms with Gasteiger partial charge in [0.1, 0.15) is 5.82 Å². The lowest BCUT2D eigenvalue weighted by atomic mass is 10.0. The summed E-state index contributed by atoms with van der Waals surface area (Å²) >= 11 is 0. The van der Waals surface area contributed by atoms with Crippen LogP contribution in [0.15, 0.2) is 54.7 Å². The number of piperidine rings is 1. The molecule has 3 aromatic rings. The second-order valence-corrected chi connectivity index (χ2v) is 10.3. The number of rotatable bonds is 7. The third-order valence-corrected chi connectivity index (χ3v) is 7.63. The quantitative estimate of drug-likeness (QED) is 0.524. The van der Waals surface area contributed by atoms with Crippen molar-refractivity contribution >= 4 is 11.8 Å². The number of nitrogens with one attached hydrogen (secondary N) is 1. The Morgan fingerprint density at radius 1 is 0.838 bits per heavy atom. The van der Waals surface area contributed by atoms with Gasteiger partial charge in [0, 0.05) is 70.2 Å². The monoisotopic (exact) mass is 500 g/mol. The molecule has 2 aromatic carbocycles. The van der Waals surface area contributed by atoms with Crippen molar-refractivity contribution in [3.63, 3.8) is 0 Å². The molecule has 3 aliphatic rings. The minimum atomic E-state index is 0.318. The first-order chi connectivity index (χ1) is 18.2. The van der Waals surface area contributed by atoms with Crippen LogP contribution >= 0.6 is 0 Å². The molecule has 0 saturated carbocycles. The molecule has 0 unspecified atom stereocenters. The second-order valence-electron chi connectivity index (χ2n) is 10.3. The summed E-state index contributed by atoms with van der Waals surface area (Å²) in [7, 11) is 0. The summed E-state index contributed by atoms with van der Waals surface area (Å²) in [5.74, 6) is 3.50. The van der Waals surface area contributed by atoms with Crippen molar-refractivity contribution in [2.24, 2.45) is 0 Å². The molecule has 4 heterocycles. The molecule has 8 nitrogen and oxygen atoms in total. The summed E-state index contributed by atoms with van der Waals surface area (Å²) in [6.07, 6.45) is 4.22. The lowest BCUT2D eigenvalue weighted by Crippen LogP contribution is -2.46. The van der Waals surface area contributed by atoms with Gasteiger partial charge in [-0.25, -0.2) is 4.98 Å². The topological polar surface area (TPSA) is 66.0 Å². The number of fused-ring (bicyclic) bond motifs is 1. The number of anilines is 2. The third kappa shape index (κ3) is 5.81. The molecule has 2 saturated heterocycles. The maximum absolute atomic E-state index is 5.53. The molecule has 0 bridgehead atoms. The van der Waals surface area contributed by atoms with Crippen LogP contribution in [0.3, 0.4) is 0 Å². The zero-order valence-electron chi connectivity index (χ0n) is 21.6. The lowest BCUT2D eigenvalue weighted by molar-refractivity contribution is 0.174. The molecule has 0 spiro atoms. The second kappa shape index (κ2) is 10.9. The van der Waals surface area contributed by atoms with Gasteiger partial charge >= 0.3 is 0 Å². The molecule has 0 amide bonds. The number of hydrogen-bond acceptors (Lipinski definition) is 8. The average Bonchev–Trinajstić information content (AvgIpc) is 3.40. The molecule has 0 atom stereocenters. The standard InChI is InChI=1S/C29H36N6O2/c1-22-18-30-29(32-28(22)31-25-9-11-33(12-10-25)19-23-5-3-2-4-6-23)35-15-13-34(14-16-35)20-24-7-8-26-27(17-24)37-21-36-26/h2-8,17-18,25H,9-16,19-21H2,1H3,(H,30,31,32). The fraction of sp³-hybridized carbons (Fsp3) is 0.448. The van der Waals surface area contributed by atoms with Crippen molar-refractivity contribution in [3.8, 4) is 11.5 Å². The number of ether oxygens (including phenoxy) is 2. The highest BCUT2D eigenvalue weighted by molar-refractivity contribution is 5.48. The smallest absolute Gasteiger partial charge is 0.231 e. The SMILES string of the molecule is Cc1cnc(N2CCN(Cc3ccc4c(c3)OCO4)CC2)nc1NC1CCN(Cc2ccccc2)CC1. The summed E-state index contributed by atoms with van der Waals surface area (Å²) in [6, 6.07) is 17.5. The zero-order valence-corrected chi connectivity index (χ0v) is 21.6. The number of hydrogen-bond donors (Lipinski definition) is 1. The minimum Gasteiger partial charge on any atom is -0.454 e. The Bertz CT molecular complexity index is 1190. The summed E-state index contributed by atoms with van der Waals surface area (Å²) in [5.41, 5.74) is 3.75. The number of aryl methyl sites for hydroxylation is 1. The Hall–Kier alpha value is -3.36. The van der Waals surface area contributed by atoms with E-state index in [9.17, 15) is 0 Å². The maximum Gasteiger partial charge on any atom is 0.231 e. The first-order valence-corrected chi connectivity index (χ1v) is 13.4. The van der Waals surface area contributed by atoms with Crippen molar-refractivity contribution in [2.45, 2.75) is 38.9 Å². The van der Waals surface area contributed by atoms with Gasteiger partial charge in [-0.2, -0.15) is 4.98 Å². The van der Waals surface area contributed by atoms with Crippen molar-refractivity contribution in [2.75, 3.05) is 56.3 Å².